The number of likely N-dealkylation sites (tertiary alicyclic amines) is 1. The van der Waals surface area contributed by atoms with Gasteiger partial charge in [0, 0.05) is 13.1 Å². The molecule has 0 atom stereocenters. The molecule has 3 heteroatoms. The largest absolute Gasteiger partial charge is 0.333 e. The number of hydrogen-bond acceptors (Lipinski definition) is 1. The van der Waals surface area contributed by atoms with Gasteiger partial charge in [-0.2, -0.15) is 4.39 Å². The first-order valence-corrected chi connectivity index (χ1v) is 3.30. The minimum Gasteiger partial charge on any atom is -0.333 e. The van der Waals surface area contributed by atoms with Crippen molar-refractivity contribution >= 4 is 6.09 Å². The van der Waals surface area contributed by atoms with E-state index in [9.17, 15) is 4.39 Å². The fourth-order valence-electron chi connectivity index (χ4n) is 1.09. The number of hydrogen-bond donors (Lipinski definition) is 1. The van der Waals surface area contributed by atoms with Crippen LogP contribution in [0.2, 0.25) is 0 Å². The molecule has 2 nitrogen and oxygen atoms in total. The molecule has 52 valence electrons. The van der Waals surface area contributed by atoms with Gasteiger partial charge in [-0.05, 0) is 19.3 Å². The number of piperidine rings is 1. The summed E-state index contributed by atoms with van der Waals surface area (Å²) in [5, 5.41) is 6.65. The van der Waals surface area contributed by atoms with Crippen LogP contribution in [0, 0.1) is 5.41 Å². The standard InChI is InChI=1S/C6H11FN2/c7-6(8)9-4-2-1-3-5-9/h8H,1-5H2. The average molecular weight is 130 g/mol. The van der Waals surface area contributed by atoms with Crippen molar-refractivity contribution < 1.29 is 4.39 Å². The van der Waals surface area contributed by atoms with Gasteiger partial charge in [0.1, 0.15) is 0 Å². The van der Waals surface area contributed by atoms with Gasteiger partial charge in [-0.1, -0.05) is 0 Å². The Hall–Kier alpha value is -0.600. The molecule has 9 heavy (non-hydrogen) atoms. The van der Waals surface area contributed by atoms with E-state index in [0.29, 0.717) is 0 Å². The highest BCUT2D eigenvalue weighted by Gasteiger charge is 2.11. The van der Waals surface area contributed by atoms with E-state index < -0.39 is 6.09 Å². The molecule has 1 aliphatic rings. The van der Waals surface area contributed by atoms with E-state index in [1.165, 1.54) is 11.3 Å². The Kier molecular flexibility index (Phi) is 2.03. The van der Waals surface area contributed by atoms with Crippen LogP contribution in [0.1, 0.15) is 19.3 Å². The van der Waals surface area contributed by atoms with Gasteiger partial charge in [0.25, 0.3) is 6.09 Å². The molecule has 0 radical (unpaired) electrons. The maximum atomic E-state index is 12.1. The lowest BCUT2D eigenvalue weighted by molar-refractivity contribution is 0.312. The molecule has 0 aromatic rings. The predicted molar refractivity (Wildman–Crippen MR) is 34.3 cm³/mol. The third-order valence-corrected chi connectivity index (χ3v) is 1.63. The first kappa shape index (κ1) is 6.52. The molecule has 0 unspecified atom stereocenters. The summed E-state index contributed by atoms with van der Waals surface area (Å²) < 4.78 is 12.1. The van der Waals surface area contributed by atoms with Crippen molar-refractivity contribution in [2.24, 2.45) is 0 Å². The summed E-state index contributed by atoms with van der Waals surface area (Å²) in [6.07, 6.45) is 2.48. The van der Waals surface area contributed by atoms with Crippen LogP contribution in [-0.4, -0.2) is 24.1 Å². The Bertz CT molecular complexity index is 108. The van der Waals surface area contributed by atoms with E-state index in [2.05, 4.69) is 0 Å². The fraction of sp³-hybridized carbons (Fsp3) is 0.833. The van der Waals surface area contributed by atoms with Crippen LogP contribution in [0.3, 0.4) is 0 Å². The second kappa shape index (κ2) is 2.80. The second-order valence-corrected chi connectivity index (χ2v) is 2.34. The van der Waals surface area contributed by atoms with Crippen LogP contribution >= 0.6 is 0 Å². The van der Waals surface area contributed by atoms with Gasteiger partial charge in [0.05, 0.1) is 0 Å². The van der Waals surface area contributed by atoms with Gasteiger partial charge >= 0.3 is 0 Å². The third kappa shape index (κ3) is 1.66. The lowest BCUT2D eigenvalue weighted by Crippen LogP contribution is -2.32. The summed E-state index contributed by atoms with van der Waals surface area (Å²) >= 11 is 0. The molecular weight excluding hydrogens is 119 g/mol. The zero-order valence-corrected chi connectivity index (χ0v) is 5.36. The summed E-state index contributed by atoms with van der Waals surface area (Å²) in [4.78, 5) is 1.48. The van der Waals surface area contributed by atoms with Crippen LogP contribution in [0.5, 0.6) is 0 Å². The molecule has 0 amide bonds. The van der Waals surface area contributed by atoms with Crippen LogP contribution in [-0.2, 0) is 0 Å². The van der Waals surface area contributed by atoms with Gasteiger partial charge in [-0.25, -0.2) is 0 Å². The van der Waals surface area contributed by atoms with Crippen LogP contribution in [0.25, 0.3) is 0 Å². The number of nitrogens with zero attached hydrogens (tertiary/aromatic N) is 1. The number of halogens is 1. The molecule has 1 saturated heterocycles. The minimum atomic E-state index is -0.769. The van der Waals surface area contributed by atoms with Crippen molar-refractivity contribution in [3.8, 4) is 0 Å². The van der Waals surface area contributed by atoms with Crippen molar-refractivity contribution in [1.29, 1.82) is 5.41 Å². The van der Waals surface area contributed by atoms with Gasteiger partial charge in [-0.15, -0.1) is 0 Å². The highest BCUT2D eigenvalue weighted by molar-refractivity contribution is 5.68. The van der Waals surface area contributed by atoms with Gasteiger partial charge < -0.3 is 4.90 Å². The summed E-state index contributed by atoms with van der Waals surface area (Å²) in [6, 6.07) is 0. The van der Waals surface area contributed by atoms with Gasteiger partial charge in [-0.3, -0.25) is 5.41 Å². The maximum absolute atomic E-state index is 12.1. The van der Waals surface area contributed by atoms with Crippen molar-refractivity contribution in [2.45, 2.75) is 19.3 Å². The summed E-state index contributed by atoms with van der Waals surface area (Å²) in [6.45, 7) is 1.46. The van der Waals surface area contributed by atoms with E-state index in [0.717, 1.165) is 25.9 Å². The molecule has 1 N–H and O–H groups in total. The lowest BCUT2D eigenvalue weighted by atomic mass is 10.1. The molecule has 0 aromatic carbocycles. The first-order chi connectivity index (χ1) is 4.30. The minimum absolute atomic E-state index is 0.731. The Balaban J connectivity index is 2.31. The molecule has 0 spiro atoms. The number of rotatable bonds is 0. The van der Waals surface area contributed by atoms with Crippen molar-refractivity contribution in [1.82, 2.24) is 4.90 Å². The number of nitrogens with one attached hydrogen (secondary N) is 1. The van der Waals surface area contributed by atoms with E-state index in [1.54, 1.807) is 0 Å². The molecule has 0 saturated carbocycles. The van der Waals surface area contributed by atoms with Crippen molar-refractivity contribution in [3.05, 3.63) is 0 Å². The monoisotopic (exact) mass is 130 g/mol. The topological polar surface area (TPSA) is 27.1 Å². The summed E-state index contributed by atoms with van der Waals surface area (Å²) in [5.74, 6) is 0. The fourth-order valence-corrected chi connectivity index (χ4v) is 1.09. The smallest absolute Gasteiger partial charge is 0.277 e. The highest BCUT2D eigenvalue weighted by atomic mass is 19.1. The molecule has 1 rings (SSSR count). The average Bonchev–Trinajstić information content (AvgIpc) is 1.90. The zero-order valence-electron chi connectivity index (χ0n) is 5.36. The Labute approximate surface area is 54.2 Å². The number of amidine groups is 1. The van der Waals surface area contributed by atoms with Gasteiger partial charge in [0.15, 0.2) is 0 Å². The molecule has 1 aliphatic heterocycles. The van der Waals surface area contributed by atoms with Crippen LogP contribution < -0.4 is 0 Å². The molecular formula is C6H11FN2. The van der Waals surface area contributed by atoms with Gasteiger partial charge in [0.2, 0.25) is 0 Å². The Morgan fingerprint density at radius 2 is 1.78 bits per heavy atom. The van der Waals surface area contributed by atoms with Crippen molar-refractivity contribution in [3.63, 3.8) is 0 Å². The maximum Gasteiger partial charge on any atom is 0.277 e. The molecule has 0 bridgehead atoms. The van der Waals surface area contributed by atoms with Crippen LogP contribution in [0.4, 0.5) is 4.39 Å². The summed E-state index contributed by atoms with van der Waals surface area (Å²) in [7, 11) is 0. The van der Waals surface area contributed by atoms with E-state index in [-0.39, 0.29) is 0 Å². The lowest BCUT2D eigenvalue weighted by Gasteiger charge is -2.24. The molecule has 0 aliphatic carbocycles. The summed E-state index contributed by atoms with van der Waals surface area (Å²) in [5.41, 5.74) is 0. The Morgan fingerprint density at radius 1 is 1.22 bits per heavy atom. The van der Waals surface area contributed by atoms with Crippen molar-refractivity contribution in [2.75, 3.05) is 13.1 Å². The molecule has 1 heterocycles. The SMILES string of the molecule is N=C(F)N1CCCCC1. The second-order valence-electron chi connectivity index (χ2n) is 2.34. The zero-order chi connectivity index (χ0) is 6.69. The van der Waals surface area contributed by atoms with E-state index in [1.807, 2.05) is 0 Å². The quantitative estimate of drug-likeness (QED) is 0.299. The first-order valence-electron chi connectivity index (χ1n) is 3.30. The highest BCUT2D eigenvalue weighted by Crippen LogP contribution is 2.08. The predicted octanol–water partition coefficient (Wildman–Crippen LogP) is 1.38. The molecule has 1 fully saturated rings. The molecule has 0 aromatic heterocycles. The van der Waals surface area contributed by atoms with Crippen LogP contribution in [0.15, 0.2) is 0 Å². The van der Waals surface area contributed by atoms with E-state index in [4.69, 9.17) is 5.41 Å². The Morgan fingerprint density at radius 3 is 2.11 bits per heavy atom. The third-order valence-electron chi connectivity index (χ3n) is 1.63. The van der Waals surface area contributed by atoms with E-state index >= 15 is 0 Å². The normalized spacial score (nSPS) is 19.9.